The van der Waals surface area contributed by atoms with Crippen LogP contribution in [0.15, 0.2) is 47.7 Å². The number of guanidine groups is 1. The summed E-state index contributed by atoms with van der Waals surface area (Å²) >= 11 is 0. The average Bonchev–Trinajstić information content (AvgIpc) is 2.86. The van der Waals surface area contributed by atoms with Crippen LogP contribution in [0.3, 0.4) is 0 Å². The molecule has 0 amide bonds. The summed E-state index contributed by atoms with van der Waals surface area (Å²) in [5, 5.41) is 3.45. The third-order valence-corrected chi connectivity index (χ3v) is 5.68. The van der Waals surface area contributed by atoms with Gasteiger partial charge in [-0.15, -0.1) is 0 Å². The lowest BCUT2D eigenvalue weighted by atomic mass is 10.2. The Morgan fingerprint density at radius 2 is 1.75 bits per heavy atom. The number of benzene rings is 1. The number of aromatic nitrogens is 2. The molecule has 1 aliphatic rings. The molecule has 0 unspecified atom stereocenters. The monoisotopic (exact) mass is 439 g/mol. The van der Waals surface area contributed by atoms with Crippen molar-refractivity contribution in [3.63, 3.8) is 0 Å². The number of hydrogen-bond donors (Lipinski definition) is 1. The first-order valence-electron chi connectivity index (χ1n) is 11.7. The van der Waals surface area contributed by atoms with E-state index < -0.39 is 0 Å². The van der Waals surface area contributed by atoms with Gasteiger partial charge >= 0.3 is 0 Å². The van der Waals surface area contributed by atoms with Crippen LogP contribution in [0.4, 0.5) is 5.95 Å². The number of aliphatic imine (C=N–C) groups is 1. The Labute approximate surface area is 192 Å². The topological polar surface area (TPSA) is 69.1 Å². The van der Waals surface area contributed by atoms with Gasteiger partial charge in [-0.25, -0.2) is 15.0 Å². The van der Waals surface area contributed by atoms with E-state index in [0.29, 0.717) is 13.2 Å². The van der Waals surface area contributed by atoms with Gasteiger partial charge in [0.15, 0.2) is 5.96 Å². The largest absolute Gasteiger partial charge is 0.492 e. The van der Waals surface area contributed by atoms with E-state index in [0.717, 1.165) is 75.6 Å². The molecule has 8 heteroatoms. The van der Waals surface area contributed by atoms with Gasteiger partial charge < -0.3 is 24.8 Å². The molecule has 0 bridgehead atoms. The Morgan fingerprint density at radius 3 is 2.44 bits per heavy atom. The predicted octanol–water partition coefficient (Wildman–Crippen LogP) is 2.48. The van der Waals surface area contributed by atoms with Gasteiger partial charge in [-0.05, 0) is 32.1 Å². The van der Waals surface area contributed by atoms with Gasteiger partial charge in [0.1, 0.15) is 12.4 Å². The van der Waals surface area contributed by atoms with Crippen molar-refractivity contribution in [2.24, 2.45) is 4.99 Å². The summed E-state index contributed by atoms with van der Waals surface area (Å²) in [6.45, 7) is 15.1. The lowest BCUT2D eigenvalue weighted by Gasteiger charge is -2.36. The minimum Gasteiger partial charge on any atom is -0.492 e. The van der Waals surface area contributed by atoms with Crippen LogP contribution in [0.1, 0.15) is 26.3 Å². The quantitative estimate of drug-likeness (QED) is 0.451. The number of para-hydroxylation sites is 1. The van der Waals surface area contributed by atoms with E-state index in [2.05, 4.69) is 56.8 Å². The molecule has 2 heterocycles. The van der Waals surface area contributed by atoms with Crippen molar-refractivity contribution >= 4 is 11.9 Å². The van der Waals surface area contributed by atoms with Crippen LogP contribution in [0.2, 0.25) is 0 Å². The van der Waals surface area contributed by atoms with Crippen LogP contribution in [-0.2, 0) is 6.54 Å². The third kappa shape index (κ3) is 6.82. The second-order valence-corrected chi connectivity index (χ2v) is 7.68. The van der Waals surface area contributed by atoms with E-state index in [1.54, 1.807) is 12.4 Å². The molecule has 0 radical (unpaired) electrons. The van der Waals surface area contributed by atoms with Gasteiger partial charge in [-0.2, -0.15) is 0 Å². The summed E-state index contributed by atoms with van der Waals surface area (Å²) in [4.78, 5) is 20.6. The highest BCUT2D eigenvalue weighted by Crippen LogP contribution is 2.19. The summed E-state index contributed by atoms with van der Waals surface area (Å²) in [5.74, 6) is 2.66. The SMILES string of the molecule is CCNC(=NCc1ccccc1OCCN(CC)CC)N1CCN(c2ncccn2)CC1. The first-order chi connectivity index (χ1) is 15.7. The number of ether oxygens (including phenoxy) is 1. The highest BCUT2D eigenvalue weighted by molar-refractivity contribution is 5.80. The molecular weight excluding hydrogens is 402 g/mol. The maximum atomic E-state index is 6.11. The van der Waals surface area contributed by atoms with Crippen LogP contribution in [0.5, 0.6) is 5.75 Å². The first-order valence-corrected chi connectivity index (χ1v) is 11.7. The zero-order valence-electron chi connectivity index (χ0n) is 19.7. The maximum Gasteiger partial charge on any atom is 0.225 e. The lowest BCUT2D eigenvalue weighted by Crippen LogP contribution is -2.52. The van der Waals surface area contributed by atoms with Crippen LogP contribution in [0, 0.1) is 0 Å². The normalized spacial score (nSPS) is 14.7. The van der Waals surface area contributed by atoms with Gasteiger partial charge in [0.25, 0.3) is 0 Å². The van der Waals surface area contributed by atoms with Crippen molar-refractivity contribution in [1.29, 1.82) is 0 Å². The first kappa shape index (κ1) is 23.8. The second-order valence-electron chi connectivity index (χ2n) is 7.68. The molecule has 174 valence electrons. The molecule has 0 atom stereocenters. The molecule has 32 heavy (non-hydrogen) atoms. The lowest BCUT2D eigenvalue weighted by molar-refractivity contribution is 0.221. The van der Waals surface area contributed by atoms with E-state index in [1.807, 2.05) is 24.3 Å². The summed E-state index contributed by atoms with van der Waals surface area (Å²) in [7, 11) is 0. The van der Waals surface area contributed by atoms with Gasteiger partial charge in [-0.1, -0.05) is 32.0 Å². The van der Waals surface area contributed by atoms with Crippen molar-refractivity contribution in [3.05, 3.63) is 48.3 Å². The number of nitrogens with zero attached hydrogens (tertiary/aromatic N) is 6. The smallest absolute Gasteiger partial charge is 0.225 e. The zero-order valence-corrected chi connectivity index (χ0v) is 19.7. The molecule has 1 aromatic heterocycles. The minimum atomic E-state index is 0.589. The van der Waals surface area contributed by atoms with E-state index >= 15 is 0 Å². The number of likely N-dealkylation sites (N-methyl/N-ethyl adjacent to an activating group) is 1. The molecule has 8 nitrogen and oxygen atoms in total. The molecule has 1 aliphatic heterocycles. The molecule has 0 aliphatic carbocycles. The number of anilines is 1. The molecule has 1 saturated heterocycles. The highest BCUT2D eigenvalue weighted by Gasteiger charge is 2.21. The molecule has 1 N–H and O–H groups in total. The average molecular weight is 440 g/mol. The minimum absolute atomic E-state index is 0.589. The van der Waals surface area contributed by atoms with Gasteiger partial charge in [0, 0.05) is 57.2 Å². The molecule has 3 rings (SSSR count). The van der Waals surface area contributed by atoms with E-state index in [4.69, 9.17) is 9.73 Å². The standard InChI is InChI=1S/C24H37N7O/c1-4-25-23(30-14-16-31(17-15-30)24-26-12-9-13-27-24)28-20-21-10-7-8-11-22(21)32-19-18-29(5-2)6-3/h7-13H,4-6,14-20H2,1-3H3,(H,25,28). The molecule has 0 saturated carbocycles. The highest BCUT2D eigenvalue weighted by atomic mass is 16.5. The van der Waals surface area contributed by atoms with E-state index in [1.165, 1.54) is 0 Å². The number of piperazine rings is 1. The zero-order chi connectivity index (χ0) is 22.6. The Kier molecular flexibility index (Phi) is 9.56. The van der Waals surface area contributed by atoms with Gasteiger partial charge in [0.2, 0.25) is 5.95 Å². The summed E-state index contributed by atoms with van der Waals surface area (Å²) in [6, 6.07) is 10.1. The van der Waals surface area contributed by atoms with Crippen molar-refractivity contribution in [1.82, 2.24) is 25.1 Å². The van der Waals surface area contributed by atoms with Crippen LogP contribution in [0.25, 0.3) is 0 Å². The molecule has 2 aromatic rings. The van der Waals surface area contributed by atoms with Gasteiger partial charge in [0.05, 0.1) is 6.54 Å². The van der Waals surface area contributed by atoms with E-state index in [-0.39, 0.29) is 0 Å². The Hall–Kier alpha value is -2.87. The maximum absolute atomic E-state index is 6.11. The predicted molar refractivity (Wildman–Crippen MR) is 130 cm³/mol. The summed E-state index contributed by atoms with van der Waals surface area (Å²) in [6.07, 6.45) is 3.59. The van der Waals surface area contributed by atoms with Gasteiger partial charge in [-0.3, -0.25) is 0 Å². The van der Waals surface area contributed by atoms with Crippen molar-refractivity contribution in [2.75, 3.05) is 63.9 Å². The van der Waals surface area contributed by atoms with Crippen LogP contribution in [-0.4, -0.2) is 84.7 Å². The molecular formula is C24H37N7O. The molecule has 1 aromatic carbocycles. The fourth-order valence-electron chi connectivity index (χ4n) is 3.76. The van der Waals surface area contributed by atoms with Crippen molar-refractivity contribution < 1.29 is 4.74 Å². The van der Waals surface area contributed by atoms with Crippen LogP contribution >= 0.6 is 0 Å². The number of nitrogens with one attached hydrogen (secondary N) is 1. The van der Waals surface area contributed by atoms with Crippen molar-refractivity contribution in [3.8, 4) is 5.75 Å². The van der Waals surface area contributed by atoms with E-state index in [9.17, 15) is 0 Å². The fraction of sp³-hybridized carbons (Fsp3) is 0.542. The summed E-state index contributed by atoms with van der Waals surface area (Å²) in [5.41, 5.74) is 1.11. The molecule has 1 fully saturated rings. The van der Waals surface area contributed by atoms with Crippen molar-refractivity contribution in [2.45, 2.75) is 27.3 Å². The fourth-order valence-corrected chi connectivity index (χ4v) is 3.76. The summed E-state index contributed by atoms with van der Waals surface area (Å²) < 4.78 is 6.11. The molecule has 0 spiro atoms. The van der Waals surface area contributed by atoms with Crippen LogP contribution < -0.4 is 15.0 Å². The Balaban J connectivity index is 1.59. The number of hydrogen-bond acceptors (Lipinski definition) is 6. The Bertz CT molecular complexity index is 818. The number of rotatable bonds is 10. The Morgan fingerprint density at radius 1 is 1.03 bits per heavy atom. The third-order valence-electron chi connectivity index (χ3n) is 5.68. The second kappa shape index (κ2) is 12.9.